The third kappa shape index (κ3) is 10.4. The standard InChI is InChI=1S/C19H19NO.C7H10N2O.2C2H6/c1-5-15-9-16(12-20)11-18(10-15)21-19-13(3)7-8-17(6-2)14(19)4;1-2-6-3-4-8-5-7(10)9-6;2*1-2/h5,7-11H,1,6H2,2-4H3;3-6H,2H2,1H3,(H,9,10);2*1-2H3. The van der Waals surface area contributed by atoms with Crippen LogP contribution >= 0.6 is 0 Å². The molecule has 3 rings (SSSR count). The van der Waals surface area contributed by atoms with Crippen molar-refractivity contribution in [2.75, 3.05) is 0 Å². The Bertz CT molecular complexity index is 1050. The summed E-state index contributed by atoms with van der Waals surface area (Å²) in [6, 6.07) is 12.0. The number of aryl methyl sites for hydroxylation is 2. The first-order chi connectivity index (χ1) is 16.9. The Morgan fingerprint density at radius 3 is 2.40 bits per heavy atom. The van der Waals surface area contributed by atoms with Crippen molar-refractivity contribution in [2.45, 2.75) is 74.3 Å². The average molecular weight is 476 g/mol. The molecule has 0 fully saturated rings. The van der Waals surface area contributed by atoms with Crippen LogP contribution in [-0.4, -0.2) is 18.2 Å². The van der Waals surface area contributed by atoms with Crippen molar-refractivity contribution >= 4 is 18.2 Å². The summed E-state index contributed by atoms with van der Waals surface area (Å²) >= 11 is 0. The number of amides is 1. The van der Waals surface area contributed by atoms with Gasteiger partial charge in [0.25, 0.3) is 5.91 Å². The van der Waals surface area contributed by atoms with Crippen LogP contribution in [0.3, 0.4) is 0 Å². The van der Waals surface area contributed by atoms with Crippen LogP contribution in [0.1, 0.15) is 75.8 Å². The Morgan fingerprint density at radius 2 is 1.83 bits per heavy atom. The van der Waals surface area contributed by atoms with Crippen LogP contribution in [-0.2, 0) is 11.2 Å². The van der Waals surface area contributed by atoms with Crippen molar-refractivity contribution in [1.29, 1.82) is 5.26 Å². The maximum atomic E-state index is 10.8. The summed E-state index contributed by atoms with van der Waals surface area (Å²) in [5, 5.41) is 11.9. The van der Waals surface area contributed by atoms with Gasteiger partial charge in [-0.3, -0.25) is 9.79 Å². The second-order valence-corrected chi connectivity index (χ2v) is 7.20. The van der Waals surface area contributed by atoms with E-state index in [0.717, 1.165) is 35.3 Å². The smallest absolute Gasteiger partial charge is 0.262 e. The van der Waals surface area contributed by atoms with Gasteiger partial charge in [-0.15, -0.1) is 0 Å². The number of ether oxygens (including phenoxy) is 1. The molecule has 0 saturated heterocycles. The lowest BCUT2D eigenvalue weighted by Crippen LogP contribution is -2.32. The Hall–Kier alpha value is -3.65. The highest BCUT2D eigenvalue weighted by molar-refractivity contribution is 6.26. The molecular weight excluding hydrogens is 434 g/mol. The molecule has 35 heavy (non-hydrogen) atoms. The number of nitrogens with zero attached hydrogens (tertiary/aromatic N) is 2. The van der Waals surface area contributed by atoms with Gasteiger partial charge in [-0.2, -0.15) is 5.26 Å². The number of nitriles is 1. The second kappa shape index (κ2) is 17.8. The van der Waals surface area contributed by atoms with Crippen molar-refractivity contribution in [2.24, 2.45) is 4.99 Å². The van der Waals surface area contributed by atoms with Crippen molar-refractivity contribution in [3.05, 3.63) is 77.0 Å². The molecule has 1 heterocycles. The summed E-state index contributed by atoms with van der Waals surface area (Å²) in [4.78, 5) is 14.5. The Labute approximate surface area is 212 Å². The molecule has 1 amide bonds. The van der Waals surface area contributed by atoms with E-state index in [1.807, 2.05) is 53.7 Å². The molecule has 2 aromatic rings. The lowest BCUT2D eigenvalue weighted by Gasteiger charge is -2.15. The van der Waals surface area contributed by atoms with E-state index in [1.54, 1.807) is 24.4 Å². The first-order valence-electron chi connectivity index (χ1n) is 12.4. The minimum Gasteiger partial charge on any atom is -0.457 e. The third-order valence-electron chi connectivity index (χ3n) is 4.97. The summed E-state index contributed by atoms with van der Waals surface area (Å²) in [6.45, 7) is 20.0. The number of carbonyl (C=O) groups excluding carboxylic acids is 1. The first-order valence-corrected chi connectivity index (χ1v) is 12.4. The van der Waals surface area contributed by atoms with Gasteiger partial charge < -0.3 is 10.1 Å². The lowest BCUT2D eigenvalue weighted by molar-refractivity contribution is -0.114. The highest BCUT2D eigenvalue weighted by atomic mass is 16.5. The van der Waals surface area contributed by atoms with Gasteiger partial charge >= 0.3 is 0 Å². The Balaban J connectivity index is 0.000000691. The van der Waals surface area contributed by atoms with Crippen molar-refractivity contribution in [3.63, 3.8) is 0 Å². The summed E-state index contributed by atoms with van der Waals surface area (Å²) < 4.78 is 6.07. The van der Waals surface area contributed by atoms with Gasteiger partial charge in [-0.1, -0.05) is 66.3 Å². The van der Waals surface area contributed by atoms with Crippen LogP contribution < -0.4 is 10.1 Å². The molecular formula is C30H41N3O2. The van der Waals surface area contributed by atoms with Crippen molar-refractivity contribution < 1.29 is 9.53 Å². The molecule has 1 unspecified atom stereocenters. The third-order valence-corrected chi connectivity index (χ3v) is 4.97. The molecule has 0 radical (unpaired) electrons. The highest BCUT2D eigenvalue weighted by Gasteiger charge is 2.10. The summed E-state index contributed by atoms with van der Waals surface area (Å²) in [7, 11) is 0. The lowest BCUT2D eigenvalue weighted by atomic mass is 10.0. The molecule has 5 heteroatoms. The zero-order chi connectivity index (χ0) is 26.8. The molecule has 1 atom stereocenters. The van der Waals surface area contributed by atoms with Gasteiger partial charge in [0.1, 0.15) is 11.5 Å². The molecule has 2 aromatic carbocycles. The van der Waals surface area contributed by atoms with E-state index in [0.29, 0.717) is 11.3 Å². The van der Waals surface area contributed by atoms with Crippen LogP contribution in [0.15, 0.2) is 54.2 Å². The van der Waals surface area contributed by atoms with Gasteiger partial charge in [0.15, 0.2) is 0 Å². The number of rotatable bonds is 5. The first kappa shape index (κ1) is 31.4. The largest absolute Gasteiger partial charge is 0.457 e. The van der Waals surface area contributed by atoms with Crippen molar-refractivity contribution in [1.82, 2.24) is 5.32 Å². The van der Waals surface area contributed by atoms with Crippen molar-refractivity contribution in [3.8, 4) is 17.6 Å². The Kier molecular flexibility index (Phi) is 15.9. The molecule has 5 nitrogen and oxygen atoms in total. The zero-order valence-electron chi connectivity index (χ0n) is 22.6. The van der Waals surface area contributed by atoms with Gasteiger partial charge in [-0.05, 0) is 73.2 Å². The monoisotopic (exact) mass is 475 g/mol. The Morgan fingerprint density at radius 1 is 1.14 bits per heavy atom. The van der Waals surface area contributed by atoms with Gasteiger partial charge in [0, 0.05) is 12.2 Å². The van der Waals surface area contributed by atoms with Crippen LogP contribution in [0.4, 0.5) is 0 Å². The highest BCUT2D eigenvalue weighted by Crippen LogP contribution is 2.32. The van der Waals surface area contributed by atoms with Gasteiger partial charge in [-0.25, -0.2) is 0 Å². The molecule has 0 aromatic heterocycles. The van der Waals surface area contributed by atoms with Gasteiger partial charge in [0.2, 0.25) is 0 Å². The van der Waals surface area contributed by atoms with Gasteiger partial charge in [0.05, 0.1) is 17.8 Å². The molecule has 188 valence electrons. The van der Waals surface area contributed by atoms with E-state index in [-0.39, 0.29) is 11.9 Å². The second-order valence-electron chi connectivity index (χ2n) is 7.20. The maximum Gasteiger partial charge on any atom is 0.262 e. The molecule has 0 bridgehead atoms. The van der Waals surface area contributed by atoms with Crippen LogP contribution in [0.25, 0.3) is 6.08 Å². The molecule has 0 spiro atoms. The number of aliphatic imine (C=N–C) groups is 1. The fourth-order valence-electron chi connectivity index (χ4n) is 3.16. The van der Waals surface area contributed by atoms with E-state index in [1.165, 1.54) is 11.8 Å². The number of carbonyl (C=O) groups is 1. The van der Waals surface area contributed by atoms with E-state index in [2.05, 4.69) is 48.9 Å². The molecule has 1 N–H and O–H groups in total. The number of hydrogen-bond acceptors (Lipinski definition) is 4. The minimum atomic E-state index is -0.114. The molecule has 0 saturated carbocycles. The normalized spacial score (nSPS) is 13.2. The maximum absolute atomic E-state index is 10.8. The SMILES string of the molecule is C=Cc1cc(C#N)cc(Oc2c(C)ccc(CC)c2C)c1.CC.CC.CCC1C=CN=CC(=O)N1. The van der Waals surface area contributed by atoms with Crippen LogP contribution in [0.5, 0.6) is 11.5 Å². The molecule has 0 aliphatic carbocycles. The molecule has 1 aliphatic heterocycles. The van der Waals surface area contributed by atoms with E-state index in [9.17, 15) is 4.79 Å². The minimum absolute atomic E-state index is 0.114. The zero-order valence-corrected chi connectivity index (χ0v) is 22.6. The topological polar surface area (TPSA) is 74.5 Å². The van der Waals surface area contributed by atoms with E-state index < -0.39 is 0 Å². The van der Waals surface area contributed by atoms with E-state index in [4.69, 9.17) is 10.00 Å². The van der Waals surface area contributed by atoms with Crippen LogP contribution in [0.2, 0.25) is 0 Å². The number of nitrogens with one attached hydrogen (secondary N) is 1. The summed E-state index contributed by atoms with van der Waals surface area (Å²) in [5.41, 5.74) is 4.97. The number of benzene rings is 2. The fourth-order valence-corrected chi connectivity index (χ4v) is 3.16. The van der Waals surface area contributed by atoms with Crippen LogP contribution in [0, 0.1) is 25.2 Å². The average Bonchev–Trinajstić information content (AvgIpc) is 3.12. The fraction of sp³-hybridized carbons (Fsp3) is 0.367. The predicted molar refractivity (Wildman–Crippen MR) is 149 cm³/mol. The predicted octanol–water partition coefficient (Wildman–Crippen LogP) is 7.70. The number of hydrogen-bond donors (Lipinski definition) is 1. The summed E-state index contributed by atoms with van der Waals surface area (Å²) in [5.74, 6) is 1.43. The molecule has 1 aliphatic rings. The van der Waals surface area contributed by atoms with E-state index >= 15 is 0 Å². The summed E-state index contributed by atoms with van der Waals surface area (Å²) in [6.07, 6.45) is 8.40. The quantitative estimate of drug-likeness (QED) is 0.481.